The highest BCUT2D eigenvalue weighted by molar-refractivity contribution is 9.10. The van der Waals surface area contributed by atoms with E-state index in [1.165, 1.54) is 0 Å². The van der Waals surface area contributed by atoms with Gasteiger partial charge in [-0.3, -0.25) is 0 Å². The molecular formula is C14H15BrN2O. The number of aromatic nitrogens is 1. The minimum atomic E-state index is -0.532. The summed E-state index contributed by atoms with van der Waals surface area (Å²) in [4.78, 5) is 6.60. The zero-order valence-corrected chi connectivity index (χ0v) is 11.8. The molecule has 18 heavy (non-hydrogen) atoms. The van der Waals surface area contributed by atoms with Crippen molar-refractivity contribution in [2.24, 2.45) is 0 Å². The molecule has 1 N–H and O–H groups in total. The molecule has 1 saturated heterocycles. The van der Waals surface area contributed by atoms with Gasteiger partial charge in [-0.05, 0) is 18.6 Å². The molecule has 1 aliphatic heterocycles. The van der Waals surface area contributed by atoms with Crippen LogP contribution in [0.4, 0.5) is 5.82 Å². The molecule has 0 unspecified atom stereocenters. The van der Waals surface area contributed by atoms with Gasteiger partial charge in [-0.2, -0.15) is 0 Å². The van der Waals surface area contributed by atoms with Gasteiger partial charge in [-0.25, -0.2) is 4.98 Å². The van der Waals surface area contributed by atoms with Gasteiger partial charge in [0.05, 0.1) is 5.60 Å². The number of aliphatic hydroxyl groups is 1. The smallest absolute Gasteiger partial charge is 0.136 e. The largest absolute Gasteiger partial charge is 0.386 e. The second kappa shape index (κ2) is 4.21. The number of fused-ring (bicyclic) bond motifs is 1. The minimum absolute atomic E-state index is 0.532. The zero-order chi connectivity index (χ0) is 12.8. The Bertz CT molecular complexity index is 593. The van der Waals surface area contributed by atoms with E-state index in [1.54, 1.807) is 0 Å². The Labute approximate surface area is 115 Å². The van der Waals surface area contributed by atoms with Gasteiger partial charge in [0.2, 0.25) is 0 Å². The van der Waals surface area contributed by atoms with Crippen LogP contribution in [0.3, 0.4) is 0 Å². The van der Waals surface area contributed by atoms with Gasteiger partial charge in [-0.1, -0.05) is 35.0 Å². The summed E-state index contributed by atoms with van der Waals surface area (Å²) in [5.41, 5.74) is -0.532. The van der Waals surface area contributed by atoms with Crippen LogP contribution in [0.15, 0.2) is 34.9 Å². The maximum absolute atomic E-state index is 10.1. The molecule has 0 bridgehead atoms. The van der Waals surface area contributed by atoms with Gasteiger partial charge < -0.3 is 10.0 Å². The van der Waals surface area contributed by atoms with Crippen molar-refractivity contribution in [1.82, 2.24) is 4.98 Å². The van der Waals surface area contributed by atoms with E-state index in [1.807, 2.05) is 31.3 Å². The SMILES string of the molecule is CCC1(O)CN(c2nccc3c(Br)cccc23)C1. The van der Waals surface area contributed by atoms with E-state index in [0.717, 1.165) is 27.5 Å². The highest BCUT2D eigenvalue weighted by Crippen LogP contribution is 2.35. The predicted octanol–water partition coefficient (Wildman–Crippen LogP) is 2.96. The zero-order valence-electron chi connectivity index (χ0n) is 10.2. The standard InChI is InChI=1S/C14H15BrN2O/c1-2-14(18)8-17(9-14)13-11-4-3-5-12(15)10(11)6-7-16-13/h3-7,18H,2,8-9H2,1H3. The number of nitrogens with zero attached hydrogens (tertiary/aromatic N) is 2. The van der Waals surface area contributed by atoms with E-state index < -0.39 is 5.60 Å². The average Bonchev–Trinajstić information content (AvgIpc) is 2.35. The summed E-state index contributed by atoms with van der Waals surface area (Å²) in [5, 5.41) is 12.4. The third-order valence-corrected chi connectivity index (χ3v) is 4.35. The van der Waals surface area contributed by atoms with Gasteiger partial charge in [0.15, 0.2) is 0 Å². The molecule has 2 aromatic rings. The summed E-state index contributed by atoms with van der Waals surface area (Å²) in [6.45, 7) is 3.36. The highest BCUT2D eigenvalue weighted by Gasteiger charge is 2.40. The number of anilines is 1. The van der Waals surface area contributed by atoms with E-state index in [0.29, 0.717) is 13.1 Å². The van der Waals surface area contributed by atoms with Crippen molar-refractivity contribution < 1.29 is 5.11 Å². The van der Waals surface area contributed by atoms with E-state index in [9.17, 15) is 5.11 Å². The summed E-state index contributed by atoms with van der Waals surface area (Å²) in [6.07, 6.45) is 2.61. The van der Waals surface area contributed by atoms with E-state index >= 15 is 0 Å². The molecule has 0 amide bonds. The molecule has 4 heteroatoms. The van der Waals surface area contributed by atoms with Gasteiger partial charge in [-0.15, -0.1) is 0 Å². The average molecular weight is 307 g/mol. The Kier molecular flexibility index (Phi) is 2.79. The van der Waals surface area contributed by atoms with Crippen molar-refractivity contribution in [3.05, 3.63) is 34.9 Å². The lowest BCUT2D eigenvalue weighted by Gasteiger charge is -2.47. The fourth-order valence-corrected chi connectivity index (χ4v) is 2.94. The minimum Gasteiger partial charge on any atom is -0.386 e. The third kappa shape index (κ3) is 1.80. The molecule has 3 nitrogen and oxygen atoms in total. The van der Waals surface area contributed by atoms with Gasteiger partial charge in [0.25, 0.3) is 0 Å². The monoisotopic (exact) mass is 306 g/mol. The molecule has 0 aliphatic carbocycles. The van der Waals surface area contributed by atoms with Crippen molar-refractivity contribution >= 4 is 32.5 Å². The maximum Gasteiger partial charge on any atom is 0.136 e. The van der Waals surface area contributed by atoms with Crippen molar-refractivity contribution in [3.63, 3.8) is 0 Å². The van der Waals surface area contributed by atoms with Crippen molar-refractivity contribution in [3.8, 4) is 0 Å². The van der Waals surface area contributed by atoms with Gasteiger partial charge >= 0.3 is 0 Å². The molecule has 3 rings (SSSR count). The summed E-state index contributed by atoms with van der Waals surface area (Å²) < 4.78 is 1.08. The first-order valence-electron chi connectivity index (χ1n) is 6.13. The van der Waals surface area contributed by atoms with Gasteiger partial charge in [0.1, 0.15) is 5.82 Å². The summed E-state index contributed by atoms with van der Waals surface area (Å²) in [7, 11) is 0. The Balaban J connectivity index is 2.02. The first-order valence-corrected chi connectivity index (χ1v) is 6.93. The second-order valence-corrected chi connectivity index (χ2v) is 5.76. The Hall–Kier alpha value is -1.13. The Morgan fingerprint density at radius 2 is 2.11 bits per heavy atom. The molecule has 1 aromatic heterocycles. The molecule has 0 radical (unpaired) electrons. The first-order chi connectivity index (χ1) is 8.63. The molecule has 0 spiro atoms. The molecule has 1 fully saturated rings. The molecule has 2 heterocycles. The Morgan fingerprint density at radius 3 is 2.83 bits per heavy atom. The number of hydrogen-bond acceptors (Lipinski definition) is 3. The molecule has 0 saturated carbocycles. The number of pyridine rings is 1. The second-order valence-electron chi connectivity index (χ2n) is 4.90. The highest BCUT2D eigenvalue weighted by atomic mass is 79.9. The topological polar surface area (TPSA) is 36.4 Å². The van der Waals surface area contributed by atoms with Crippen LogP contribution in [-0.2, 0) is 0 Å². The number of halogens is 1. The fourth-order valence-electron chi connectivity index (χ4n) is 2.44. The quantitative estimate of drug-likeness (QED) is 0.926. The molecule has 94 valence electrons. The third-order valence-electron chi connectivity index (χ3n) is 3.66. The van der Waals surface area contributed by atoms with Crippen LogP contribution in [0.5, 0.6) is 0 Å². The van der Waals surface area contributed by atoms with Gasteiger partial charge in [0, 0.05) is 34.5 Å². The summed E-state index contributed by atoms with van der Waals surface area (Å²) >= 11 is 3.56. The normalized spacial score (nSPS) is 17.8. The number of hydrogen-bond donors (Lipinski definition) is 1. The Morgan fingerprint density at radius 1 is 1.33 bits per heavy atom. The summed E-state index contributed by atoms with van der Waals surface area (Å²) in [5.74, 6) is 0.965. The summed E-state index contributed by atoms with van der Waals surface area (Å²) in [6, 6.07) is 8.13. The van der Waals surface area contributed by atoms with E-state index in [-0.39, 0.29) is 0 Å². The van der Waals surface area contributed by atoms with Crippen LogP contribution in [0.25, 0.3) is 10.8 Å². The van der Waals surface area contributed by atoms with Crippen LogP contribution in [-0.4, -0.2) is 28.8 Å². The number of rotatable bonds is 2. The van der Waals surface area contributed by atoms with Crippen LogP contribution >= 0.6 is 15.9 Å². The molecule has 0 atom stereocenters. The van der Waals surface area contributed by atoms with Crippen molar-refractivity contribution in [2.45, 2.75) is 18.9 Å². The lowest BCUT2D eigenvalue weighted by Crippen LogP contribution is -2.61. The number of benzene rings is 1. The maximum atomic E-state index is 10.1. The number of β-amino-alcohol motifs (C(OH)–C–C–N with tert-alkyl or cyclic N) is 1. The first kappa shape index (κ1) is 11.9. The lowest BCUT2D eigenvalue weighted by atomic mass is 9.91. The van der Waals surface area contributed by atoms with Crippen molar-refractivity contribution in [1.29, 1.82) is 0 Å². The lowest BCUT2D eigenvalue weighted by molar-refractivity contribution is 0.00824. The van der Waals surface area contributed by atoms with Crippen LogP contribution in [0.2, 0.25) is 0 Å². The molecule has 1 aromatic carbocycles. The van der Waals surface area contributed by atoms with Crippen molar-refractivity contribution in [2.75, 3.05) is 18.0 Å². The van der Waals surface area contributed by atoms with E-state index in [4.69, 9.17) is 0 Å². The molecular weight excluding hydrogens is 292 g/mol. The van der Waals surface area contributed by atoms with Crippen LogP contribution in [0.1, 0.15) is 13.3 Å². The van der Waals surface area contributed by atoms with Crippen LogP contribution in [0, 0.1) is 0 Å². The van der Waals surface area contributed by atoms with E-state index in [2.05, 4.69) is 31.9 Å². The fraction of sp³-hybridized carbons (Fsp3) is 0.357. The molecule has 1 aliphatic rings. The predicted molar refractivity (Wildman–Crippen MR) is 76.9 cm³/mol. The van der Waals surface area contributed by atoms with Crippen LogP contribution < -0.4 is 4.90 Å².